The van der Waals surface area contributed by atoms with Crippen molar-refractivity contribution in [3.8, 4) is 5.75 Å². The number of Topliss-reactive ketones (excluding diaryl/α,β-unsaturated/α-hetero) is 1. The Hall–Kier alpha value is -1.31. The van der Waals surface area contributed by atoms with Gasteiger partial charge in [0.1, 0.15) is 12.4 Å². The highest BCUT2D eigenvalue weighted by Crippen LogP contribution is 2.30. The van der Waals surface area contributed by atoms with E-state index in [1.165, 1.54) is 19.3 Å². The molecular formula is C19H30O2. The Morgan fingerprint density at radius 3 is 2.38 bits per heavy atom. The molecule has 2 heteroatoms. The van der Waals surface area contributed by atoms with Crippen molar-refractivity contribution >= 4 is 5.78 Å². The minimum absolute atomic E-state index is 0.0276. The number of carbonyl (C=O) groups is 1. The van der Waals surface area contributed by atoms with E-state index < -0.39 is 0 Å². The fourth-order valence-corrected chi connectivity index (χ4v) is 2.37. The summed E-state index contributed by atoms with van der Waals surface area (Å²) >= 11 is 0. The molecular weight excluding hydrogens is 260 g/mol. The van der Waals surface area contributed by atoms with Crippen molar-refractivity contribution in [2.75, 3.05) is 6.61 Å². The van der Waals surface area contributed by atoms with Crippen molar-refractivity contribution in [2.45, 2.75) is 71.6 Å². The fraction of sp³-hybridized carbons (Fsp3) is 0.632. The Bertz CT molecular complexity index is 429. The first kappa shape index (κ1) is 17.7. The van der Waals surface area contributed by atoms with Crippen LogP contribution in [0.15, 0.2) is 24.3 Å². The normalized spacial score (nSPS) is 11.4. The molecule has 0 aliphatic carbocycles. The summed E-state index contributed by atoms with van der Waals surface area (Å²) in [7, 11) is 0. The predicted octanol–water partition coefficient (Wildman–Crippen LogP) is 5.29. The molecule has 0 unspecified atom stereocenters. The minimum Gasteiger partial charge on any atom is -0.486 e. The third-order valence-electron chi connectivity index (χ3n) is 3.64. The molecule has 1 rings (SSSR count). The molecule has 0 saturated heterocycles. The molecule has 2 nitrogen and oxygen atoms in total. The molecule has 0 radical (unpaired) electrons. The maximum Gasteiger partial charge on any atom is 0.170 e. The molecule has 0 N–H and O–H groups in total. The standard InChI is InChI=1S/C19H30O2/c1-5-6-7-8-9-12-16(20)15-21-18-14-11-10-13-17(18)19(2,3)4/h10-11,13-14H,5-9,12,15H2,1-4H3. The van der Waals surface area contributed by atoms with Gasteiger partial charge in [-0.3, -0.25) is 4.79 Å². The van der Waals surface area contributed by atoms with Gasteiger partial charge in [0.25, 0.3) is 0 Å². The summed E-state index contributed by atoms with van der Waals surface area (Å²) in [6.45, 7) is 8.87. The van der Waals surface area contributed by atoms with E-state index >= 15 is 0 Å². The van der Waals surface area contributed by atoms with Crippen LogP contribution in [0, 0.1) is 0 Å². The van der Waals surface area contributed by atoms with E-state index in [2.05, 4.69) is 33.8 Å². The van der Waals surface area contributed by atoms with Crippen LogP contribution in [0.4, 0.5) is 0 Å². The summed E-state index contributed by atoms with van der Waals surface area (Å²) in [5.41, 5.74) is 1.18. The van der Waals surface area contributed by atoms with Crippen molar-refractivity contribution in [3.63, 3.8) is 0 Å². The number of para-hydroxylation sites is 1. The second kappa shape index (κ2) is 8.86. The van der Waals surface area contributed by atoms with Crippen LogP contribution in [-0.4, -0.2) is 12.4 Å². The summed E-state index contributed by atoms with van der Waals surface area (Å²) in [6, 6.07) is 8.00. The first-order valence-corrected chi connectivity index (χ1v) is 8.19. The zero-order valence-corrected chi connectivity index (χ0v) is 14.1. The lowest BCUT2D eigenvalue weighted by molar-refractivity contribution is -0.121. The van der Waals surface area contributed by atoms with Gasteiger partial charge in [-0.1, -0.05) is 71.6 Å². The van der Waals surface area contributed by atoms with Gasteiger partial charge in [-0.25, -0.2) is 0 Å². The van der Waals surface area contributed by atoms with Crippen molar-refractivity contribution < 1.29 is 9.53 Å². The molecule has 0 fully saturated rings. The Balaban J connectivity index is 2.40. The Morgan fingerprint density at radius 2 is 1.71 bits per heavy atom. The molecule has 1 aromatic rings. The molecule has 1 aromatic carbocycles. The number of ketones is 1. The summed E-state index contributed by atoms with van der Waals surface area (Å²) in [4.78, 5) is 11.9. The second-order valence-corrected chi connectivity index (χ2v) is 6.74. The maximum atomic E-state index is 11.9. The molecule has 0 heterocycles. The highest BCUT2D eigenvalue weighted by Gasteiger charge is 2.18. The zero-order chi connectivity index (χ0) is 15.7. The van der Waals surface area contributed by atoms with Crippen LogP contribution in [0.3, 0.4) is 0 Å². The molecule has 0 spiro atoms. The van der Waals surface area contributed by atoms with Gasteiger partial charge >= 0.3 is 0 Å². The highest BCUT2D eigenvalue weighted by molar-refractivity contribution is 5.79. The minimum atomic E-state index is 0.0276. The summed E-state index contributed by atoms with van der Waals surface area (Å²) in [5, 5.41) is 0. The number of unbranched alkanes of at least 4 members (excludes halogenated alkanes) is 4. The molecule has 0 aliphatic rings. The van der Waals surface area contributed by atoms with E-state index in [9.17, 15) is 4.79 Å². The van der Waals surface area contributed by atoms with E-state index in [1.807, 2.05) is 18.2 Å². The predicted molar refractivity (Wildman–Crippen MR) is 89.0 cm³/mol. The van der Waals surface area contributed by atoms with Crippen LogP contribution in [0.1, 0.15) is 71.8 Å². The smallest absolute Gasteiger partial charge is 0.170 e. The van der Waals surface area contributed by atoms with E-state index in [-0.39, 0.29) is 17.8 Å². The number of ether oxygens (including phenoxy) is 1. The van der Waals surface area contributed by atoms with E-state index in [1.54, 1.807) is 0 Å². The number of hydrogen-bond acceptors (Lipinski definition) is 2. The lowest BCUT2D eigenvalue weighted by atomic mass is 9.86. The second-order valence-electron chi connectivity index (χ2n) is 6.74. The Labute approximate surface area is 129 Å². The average molecular weight is 290 g/mol. The van der Waals surface area contributed by atoms with Crippen LogP contribution >= 0.6 is 0 Å². The van der Waals surface area contributed by atoms with Crippen molar-refractivity contribution in [1.29, 1.82) is 0 Å². The lowest BCUT2D eigenvalue weighted by Gasteiger charge is -2.22. The fourth-order valence-electron chi connectivity index (χ4n) is 2.37. The third-order valence-corrected chi connectivity index (χ3v) is 3.64. The van der Waals surface area contributed by atoms with Crippen LogP contribution < -0.4 is 4.74 Å². The van der Waals surface area contributed by atoms with Gasteiger partial charge < -0.3 is 4.74 Å². The molecule has 0 bridgehead atoms. The topological polar surface area (TPSA) is 26.3 Å². The largest absolute Gasteiger partial charge is 0.486 e. The first-order chi connectivity index (χ1) is 9.95. The van der Waals surface area contributed by atoms with Crippen LogP contribution in [0.25, 0.3) is 0 Å². The molecule has 0 saturated carbocycles. The van der Waals surface area contributed by atoms with Crippen molar-refractivity contribution in [2.24, 2.45) is 0 Å². The van der Waals surface area contributed by atoms with Gasteiger partial charge in [-0.15, -0.1) is 0 Å². The third kappa shape index (κ3) is 6.79. The van der Waals surface area contributed by atoms with Gasteiger partial charge in [0.05, 0.1) is 0 Å². The molecule has 0 aliphatic heterocycles. The van der Waals surface area contributed by atoms with Crippen LogP contribution in [-0.2, 0) is 10.2 Å². The van der Waals surface area contributed by atoms with Gasteiger partial charge in [0.2, 0.25) is 0 Å². The molecule has 0 aromatic heterocycles. The molecule has 118 valence electrons. The zero-order valence-electron chi connectivity index (χ0n) is 14.1. The molecule has 21 heavy (non-hydrogen) atoms. The number of hydrogen-bond donors (Lipinski definition) is 0. The van der Waals surface area contributed by atoms with Crippen molar-refractivity contribution in [3.05, 3.63) is 29.8 Å². The quantitative estimate of drug-likeness (QED) is 0.577. The maximum absolute atomic E-state index is 11.9. The Morgan fingerprint density at radius 1 is 1.05 bits per heavy atom. The van der Waals surface area contributed by atoms with Gasteiger partial charge in [-0.05, 0) is 23.5 Å². The van der Waals surface area contributed by atoms with Crippen LogP contribution in [0.2, 0.25) is 0 Å². The summed E-state index contributed by atoms with van der Waals surface area (Å²) in [6.07, 6.45) is 6.52. The monoisotopic (exact) mass is 290 g/mol. The summed E-state index contributed by atoms with van der Waals surface area (Å²) in [5.74, 6) is 1.04. The molecule has 0 amide bonds. The SMILES string of the molecule is CCCCCCCC(=O)COc1ccccc1C(C)(C)C. The summed E-state index contributed by atoms with van der Waals surface area (Å²) < 4.78 is 5.75. The van der Waals surface area contributed by atoms with E-state index in [0.29, 0.717) is 6.42 Å². The number of benzene rings is 1. The number of rotatable bonds is 9. The van der Waals surface area contributed by atoms with Gasteiger partial charge in [-0.2, -0.15) is 0 Å². The van der Waals surface area contributed by atoms with Gasteiger partial charge in [0.15, 0.2) is 5.78 Å². The first-order valence-electron chi connectivity index (χ1n) is 8.19. The van der Waals surface area contributed by atoms with E-state index in [0.717, 1.165) is 24.2 Å². The van der Waals surface area contributed by atoms with Crippen LogP contribution in [0.5, 0.6) is 5.75 Å². The Kier molecular flexibility index (Phi) is 7.49. The van der Waals surface area contributed by atoms with Crippen molar-refractivity contribution in [1.82, 2.24) is 0 Å². The lowest BCUT2D eigenvalue weighted by Crippen LogP contribution is -2.16. The average Bonchev–Trinajstić information content (AvgIpc) is 2.44. The van der Waals surface area contributed by atoms with Gasteiger partial charge in [0, 0.05) is 6.42 Å². The number of carbonyl (C=O) groups excluding carboxylic acids is 1. The van der Waals surface area contributed by atoms with E-state index in [4.69, 9.17) is 4.74 Å². The molecule has 0 atom stereocenters. The highest BCUT2D eigenvalue weighted by atomic mass is 16.5.